The molecule has 6 nitrogen and oxygen atoms in total. The molecule has 0 aromatic heterocycles. The van der Waals surface area contributed by atoms with E-state index in [0.717, 1.165) is 25.9 Å². The number of likely N-dealkylation sites (tertiary alicyclic amines) is 1. The number of carbonyl (C=O) groups is 2. The van der Waals surface area contributed by atoms with Gasteiger partial charge in [0, 0.05) is 19.1 Å². The van der Waals surface area contributed by atoms with Crippen LogP contribution in [-0.2, 0) is 14.3 Å². The van der Waals surface area contributed by atoms with Crippen LogP contribution >= 0.6 is 0 Å². The lowest BCUT2D eigenvalue weighted by Crippen LogP contribution is -2.55. The van der Waals surface area contributed by atoms with Gasteiger partial charge in [-0.25, -0.2) is 0 Å². The van der Waals surface area contributed by atoms with Crippen molar-refractivity contribution in [1.82, 2.24) is 10.2 Å². The van der Waals surface area contributed by atoms with E-state index >= 15 is 0 Å². The fraction of sp³-hybridized carbons (Fsp3) is 0.833. The molecule has 1 amide bonds. The summed E-state index contributed by atoms with van der Waals surface area (Å²) in [6, 6.07) is 0.167. The fourth-order valence-electron chi connectivity index (χ4n) is 2.33. The minimum atomic E-state index is -0.795. The number of ether oxygens (including phenoxy) is 1. The third kappa shape index (κ3) is 3.00. The highest BCUT2D eigenvalue weighted by atomic mass is 16.5. The van der Waals surface area contributed by atoms with Crippen LogP contribution in [0, 0.1) is 5.41 Å². The summed E-state index contributed by atoms with van der Waals surface area (Å²) in [6.45, 7) is 4.44. The Hall–Kier alpha value is -1.14. The van der Waals surface area contributed by atoms with Crippen LogP contribution in [0.4, 0.5) is 0 Å². The van der Waals surface area contributed by atoms with Crippen molar-refractivity contribution in [1.29, 1.82) is 0 Å². The van der Waals surface area contributed by atoms with E-state index < -0.39 is 5.97 Å². The van der Waals surface area contributed by atoms with Crippen molar-refractivity contribution in [3.05, 3.63) is 0 Å². The number of carboxylic acid groups (broad SMARTS) is 1. The molecule has 2 aliphatic heterocycles. The van der Waals surface area contributed by atoms with Crippen LogP contribution in [0.2, 0.25) is 0 Å². The number of nitrogens with zero attached hydrogens (tertiary/aromatic N) is 1. The summed E-state index contributed by atoms with van der Waals surface area (Å²) < 4.78 is 5.07. The van der Waals surface area contributed by atoms with E-state index in [1.807, 2.05) is 11.8 Å². The summed E-state index contributed by atoms with van der Waals surface area (Å²) in [4.78, 5) is 24.5. The van der Waals surface area contributed by atoms with Crippen LogP contribution in [0.5, 0.6) is 0 Å². The molecule has 0 aliphatic carbocycles. The molecule has 18 heavy (non-hydrogen) atoms. The molecule has 0 bridgehead atoms. The molecule has 0 unspecified atom stereocenters. The average molecular weight is 256 g/mol. The summed E-state index contributed by atoms with van der Waals surface area (Å²) in [6.07, 6.45) is 1.63. The Balaban J connectivity index is 1.73. The predicted octanol–water partition coefficient (Wildman–Crippen LogP) is -0.312. The molecule has 2 aliphatic rings. The number of hydrogen-bond acceptors (Lipinski definition) is 4. The molecule has 2 fully saturated rings. The number of carboxylic acids is 1. The molecule has 102 valence electrons. The van der Waals surface area contributed by atoms with Crippen molar-refractivity contribution in [2.24, 2.45) is 5.41 Å². The molecule has 0 aromatic carbocycles. The maximum atomic E-state index is 12.0. The third-order valence-electron chi connectivity index (χ3n) is 3.67. The van der Waals surface area contributed by atoms with E-state index in [0.29, 0.717) is 13.2 Å². The second-order valence-electron chi connectivity index (χ2n) is 5.47. The SMILES string of the molecule is CC1(C(=O)NC2CCN(CC(=O)O)CC2)COC1. The zero-order valence-electron chi connectivity index (χ0n) is 10.6. The first-order valence-corrected chi connectivity index (χ1v) is 6.32. The molecule has 0 saturated carbocycles. The van der Waals surface area contributed by atoms with E-state index in [1.165, 1.54) is 0 Å². The van der Waals surface area contributed by atoms with E-state index in [4.69, 9.17) is 9.84 Å². The minimum Gasteiger partial charge on any atom is -0.480 e. The molecule has 0 spiro atoms. The Kier molecular flexibility index (Phi) is 3.87. The lowest BCUT2D eigenvalue weighted by Gasteiger charge is -2.39. The number of piperidine rings is 1. The van der Waals surface area contributed by atoms with Gasteiger partial charge in [0.1, 0.15) is 0 Å². The zero-order chi connectivity index (χ0) is 13.2. The monoisotopic (exact) mass is 256 g/mol. The maximum absolute atomic E-state index is 12.0. The smallest absolute Gasteiger partial charge is 0.317 e. The number of carbonyl (C=O) groups excluding carboxylic acids is 1. The fourth-order valence-corrected chi connectivity index (χ4v) is 2.33. The lowest BCUT2D eigenvalue weighted by molar-refractivity contribution is -0.158. The first kappa shape index (κ1) is 13.3. The van der Waals surface area contributed by atoms with Crippen molar-refractivity contribution < 1.29 is 19.4 Å². The van der Waals surface area contributed by atoms with Gasteiger partial charge in [-0.05, 0) is 19.8 Å². The standard InChI is InChI=1S/C12H20N2O4/c1-12(7-18-8-12)11(17)13-9-2-4-14(5-3-9)6-10(15)16/h9H,2-8H2,1H3,(H,13,17)(H,15,16). The van der Waals surface area contributed by atoms with Crippen molar-refractivity contribution in [2.75, 3.05) is 32.8 Å². The quantitative estimate of drug-likeness (QED) is 0.721. The van der Waals surface area contributed by atoms with E-state index in [2.05, 4.69) is 5.32 Å². The molecule has 0 radical (unpaired) electrons. The Morgan fingerprint density at radius 1 is 1.39 bits per heavy atom. The number of hydrogen-bond donors (Lipinski definition) is 2. The summed E-state index contributed by atoms with van der Waals surface area (Å²) in [5.74, 6) is -0.734. The van der Waals surface area contributed by atoms with Crippen LogP contribution in [-0.4, -0.2) is 60.8 Å². The Bertz CT molecular complexity index is 333. The van der Waals surface area contributed by atoms with Gasteiger partial charge < -0.3 is 15.2 Å². The maximum Gasteiger partial charge on any atom is 0.317 e. The Labute approximate surface area is 106 Å². The first-order valence-electron chi connectivity index (χ1n) is 6.32. The van der Waals surface area contributed by atoms with Crippen LogP contribution in [0.1, 0.15) is 19.8 Å². The largest absolute Gasteiger partial charge is 0.480 e. The van der Waals surface area contributed by atoms with Gasteiger partial charge >= 0.3 is 5.97 Å². The average Bonchev–Trinajstić information content (AvgIpc) is 2.28. The molecule has 2 saturated heterocycles. The normalized spacial score (nSPS) is 24.3. The van der Waals surface area contributed by atoms with Crippen molar-refractivity contribution in [3.63, 3.8) is 0 Å². The van der Waals surface area contributed by atoms with Gasteiger partial charge in [0.25, 0.3) is 0 Å². The van der Waals surface area contributed by atoms with Crippen LogP contribution in [0.15, 0.2) is 0 Å². The van der Waals surface area contributed by atoms with Gasteiger partial charge in [-0.15, -0.1) is 0 Å². The number of amides is 1. The summed E-state index contributed by atoms with van der Waals surface area (Å²) in [7, 11) is 0. The van der Waals surface area contributed by atoms with Gasteiger partial charge in [-0.1, -0.05) is 0 Å². The second kappa shape index (κ2) is 5.24. The second-order valence-corrected chi connectivity index (χ2v) is 5.47. The number of rotatable bonds is 4. The van der Waals surface area contributed by atoms with Crippen molar-refractivity contribution in [3.8, 4) is 0 Å². The lowest BCUT2D eigenvalue weighted by atomic mass is 9.87. The van der Waals surface area contributed by atoms with E-state index in [9.17, 15) is 9.59 Å². The van der Waals surface area contributed by atoms with Gasteiger partial charge in [0.05, 0.1) is 25.2 Å². The Morgan fingerprint density at radius 2 is 2.00 bits per heavy atom. The van der Waals surface area contributed by atoms with Crippen LogP contribution < -0.4 is 5.32 Å². The highest BCUT2D eigenvalue weighted by molar-refractivity contribution is 5.83. The van der Waals surface area contributed by atoms with Gasteiger partial charge in [0.2, 0.25) is 5.91 Å². The molecular formula is C12H20N2O4. The summed E-state index contributed by atoms with van der Waals surface area (Å²) >= 11 is 0. The molecule has 6 heteroatoms. The van der Waals surface area contributed by atoms with Crippen molar-refractivity contribution in [2.45, 2.75) is 25.8 Å². The highest BCUT2D eigenvalue weighted by Crippen LogP contribution is 2.27. The molecule has 2 heterocycles. The highest BCUT2D eigenvalue weighted by Gasteiger charge is 2.41. The van der Waals surface area contributed by atoms with Gasteiger partial charge in [-0.3, -0.25) is 14.5 Å². The number of nitrogens with one attached hydrogen (secondary N) is 1. The minimum absolute atomic E-state index is 0.0606. The topological polar surface area (TPSA) is 78.9 Å². The van der Waals surface area contributed by atoms with E-state index in [-0.39, 0.29) is 23.9 Å². The van der Waals surface area contributed by atoms with Crippen molar-refractivity contribution >= 4 is 11.9 Å². The summed E-state index contributed by atoms with van der Waals surface area (Å²) in [5, 5.41) is 11.7. The van der Waals surface area contributed by atoms with E-state index in [1.54, 1.807) is 0 Å². The third-order valence-corrected chi connectivity index (χ3v) is 3.67. The van der Waals surface area contributed by atoms with Gasteiger partial charge in [0.15, 0.2) is 0 Å². The molecule has 0 aromatic rings. The molecular weight excluding hydrogens is 236 g/mol. The number of aliphatic carboxylic acids is 1. The molecule has 2 N–H and O–H groups in total. The predicted molar refractivity (Wildman–Crippen MR) is 64.2 cm³/mol. The molecule has 2 rings (SSSR count). The van der Waals surface area contributed by atoms with Crippen LogP contribution in [0.25, 0.3) is 0 Å². The van der Waals surface area contributed by atoms with Crippen LogP contribution in [0.3, 0.4) is 0 Å². The van der Waals surface area contributed by atoms with Gasteiger partial charge in [-0.2, -0.15) is 0 Å². The molecule has 0 atom stereocenters. The Morgan fingerprint density at radius 3 is 2.44 bits per heavy atom. The zero-order valence-corrected chi connectivity index (χ0v) is 10.6. The summed E-state index contributed by atoms with van der Waals surface area (Å²) in [5.41, 5.74) is -0.363. The first-order chi connectivity index (χ1) is 8.49.